The van der Waals surface area contributed by atoms with Gasteiger partial charge in [0, 0.05) is 17.9 Å². The normalized spacial score (nSPS) is 13.9. The first-order valence-corrected chi connectivity index (χ1v) is 9.42. The molecule has 1 aliphatic rings. The van der Waals surface area contributed by atoms with Crippen molar-refractivity contribution in [3.8, 4) is 0 Å². The largest absolute Gasteiger partial charge is 0.286 e. The lowest BCUT2D eigenvalue weighted by atomic mass is 10.1. The zero-order valence-electron chi connectivity index (χ0n) is 14.1. The van der Waals surface area contributed by atoms with Crippen LogP contribution in [0.2, 0.25) is 0 Å². The molecule has 130 valence electrons. The molecule has 0 saturated heterocycles. The highest BCUT2D eigenvalue weighted by Crippen LogP contribution is 2.23. The van der Waals surface area contributed by atoms with E-state index in [0.29, 0.717) is 29.6 Å². The number of amides is 1. The van der Waals surface area contributed by atoms with E-state index in [0.717, 1.165) is 16.3 Å². The molecule has 0 bridgehead atoms. The average Bonchev–Trinajstić information content (AvgIpc) is 3.14. The Morgan fingerprint density at radius 3 is 2.73 bits per heavy atom. The maximum atomic E-state index is 13.3. The van der Waals surface area contributed by atoms with Crippen molar-refractivity contribution in [1.82, 2.24) is 4.90 Å². The highest BCUT2D eigenvalue weighted by Gasteiger charge is 2.25. The van der Waals surface area contributed by atoms with Crippen molar-refractivity contribution < 1.29 is 9.18 Å². The summed E-state index contributed by atoms with van der Waals surface area (Å²) >= 11 is 1.47. The number of hydrogen-bond acceptors (Lipinski definition) is 3. The summed E-state index contributed by atoms with van der Waals surface area (Å²) in [6, 6.07) is 20.2. The number of carbonyl (C=O) groups is 1. The molecule has 4 rings (SSSR count). The van der Waals surface area contributed by atoms with Crippen LogP contribution >= 0.6 is 11.8 Å². The Kier molecular flexibility index (Phi) is 4.71. The Bertz CT molecular complexity index is 1000. The Balaban J connectivity index is 1.50. The topological polar surface area (TPSA) is 32.7 Å². The van der Waals surface area contributed by atoms with Gasteiger partial charge in [-0.15, -0.1) is 0 Å². The van der Waals surface area contributed by atoms with Crippen molar-refractivity contribution in [2.45, 2.75) is 5.75 Å². The van der Waals surface area contributed by atoms with Crippen molar-refractivity contribution >= 4 is 33.6 Å². The molecule has 0 saturated carbocycles. The molecular weight excluding hydrogens is 347 g/mol. The Labute approximate surface area is 155 Å². The molecule has 1 heterocycles. The monoisotopic (exact) mass is 364 g/mol. The number of halogens is 1. The van der Waals surface area contributed by atoms with Crippen molar-refractivity contribution in [2.75, 3.05) is 13.1 Å². The summed E-state index contributed by atoms with van der Waals surface area (Å²) in [5, 5.41) is 2.86. The zero-order chi connectivity index (χ0) is 17.9. The third kappa shape index (κ3) is 3.48. The lowest BCUT2D eigenvalue weighted by Crippen LogP contribution is -2.32. The van der Waals surface area contributed by atoms with Gasteiger partial charge in [-0.1, -0.05) is 54.2 Å². The molecule has 3 nitrogen and oxygen atoms in total. The second-order valence-electron chi connectivity index (χ2n) is 6.10. The van der Waals surface area contributed by atoms with Crippen LogP contribution in [0, 0.1) is 5.82 Å². The molecule has 0 atom stereocenters. The van der Waals surface area contributed by atoms with E-state index in [9.17, 15) is 9.18 Å². The SMILES string of the molecule is O=C(c1ccc2ccccc2c1)N1CCN=C1SCc1cccc(F)c1. The number of aliphatic imine (C=N–C) groups is 1. The number of thioether (sulfide) groups is 1. The van der Waals surface area contributed by atoms with Gasteiger partial charge in [-0.25, -0.2) is 4.39 Å². The van der Waals surface area contributed by atoms with Gasteiger partial charge in [0.15, 0.2) is 5.17 Å². The molecule has 5 heteroatoms. The van der Waals surface area contributed by atoms with E-state index in [-0.39, 0.29) is 11.7 Å². The first kappa shape index (κ1) is 16.8. The quantitative estimate of drug-likeness (QED) is 0.673. The van der Waals surface area contributed by atoms with Gasteiger partial charge in [-0.05, 0) is 40.6 Å². The Morgan fingerprint density at radius 1 is 1.04 bits per heavy atom. The Hall–Kier alpha value is -2.66. The van der Waals surface area contributed by atoms with Crippen molar-refractivity contribution in [1.29, 1.82) is 0 Å². The second-order valence-corrected chi connectivity index (χ2v) is 7.04. The molecular formula is C21H17FN2OS. The van der Waals surface area contributed by atoms with Crippen LogP contribution in [0.1, 0.15) is 15.9 Å². The number of carbonyl (C=O) groups excluding carboxylic acids is 1. The van der Waals surface area contributed by atoms with Crippen molar-refractivity contribution in [3.05, 3.63) is 83.7 Å². The lowest BCUT2D eigenvalue weighted by Gasteiger charge is -2.18. The number of hydrogen-bond donors (Lipinski definition) is 0. The van der Waals surface area contributed by atoms with Crippen LogP contribution in [0.3, 0.4) is 0 Å². The van der Waals surface area contributed by atoms with Gasteiger partial charge < -0.3 is 0 Å². The molecule has 0 unspecified atom stereocenters. The van der Waals surface area contributed by atoms with Gasteiger partial charge in [0.05, 0.1) is 6.54 Å². The van der Waals surface area contributed by atoms with E-state index in [1.54, 1.807) is 11.0 Å². The molecule has 3 aromatic rings. The van der Waals surface area contributed by atoms with E-state index in [2.05, 4.69) is 4.99 Å². The molecule has 0 fully saturated rings. The standard InChI is InChI=1S/C21H17FN2OS/c22-19-7-3-4-15(12-19)14-26-21-23-10-11-24(21)20(25)18-9-8-16-5-1-2-6-17(16)13-18/h1-9,12-13H,10-11,14H2. The number of amidine groups is 1. The van der Waals surface area contributed by atoms with Crippen LogP contribution in [0.25, 0.3) is 10.8 Å². The maximum Gasteiger partial charge on any atom is 0.259 e. The minimum atomic E-state index is -0.249. The summed E-state index contributed by atoms with van der Waals surface area (Å²) in [6.07, 6.45) is 0. The van der Waals surface area contributed by atoms with Gasteiger partial charge in [-0.3, -0.25) is 14.7 Å². The summed E-state index contributed by atoms with van der Waals surface area (Å²) in [5.74, 6) is 0.289. The first-order valence-electron chi connectivity index (χ1n) is 8.43. The second kappa shape index (κ2) is 7.30. The predicted octanol–water partition coefficient (Wildman–Crippen LogP) is 4.72. The van der Waals surface area contributed by atoms with E-state index >= 15 is 0 Å². The summed E-state index contributed by atoms with van der Waals surface area (Å²) in [5.41, 5.74) is 1.53. The molecule has 0 radical (unpaired) electrons. The first-order chi connectivity index (χ1) is 12.7. The van der Waals surface area contributed by atoms with Crippen LogP contribution in [0.5, 0.6) is 0 Å². The number of benzene rings is 3. The predicted molar refractivity (Wildman–Crippen MR) is 105 cm³/mol. The summed E-state index contributed by atoms with van der Waals surface area (Å²) in [4.78, 5) is 19.1. The van der Waals surface area contributed by atoms with Crippen LogP contribution in [0.15, 0.2) is 71.7 Å². The summed E-state index contributed by atoms with van der Waals surface area (Å²) in [6.45, 7) is 1.18. The summed E-state index contributed by atoms with van der Waals surface area (Å²) < 4.78 is 13.3. The van der Waals surface area contributed by atoms with Crippen LogP contribution < -0.4 is 0 Å². The van der Waals surface area contributed by atoms with Crippen molar-refractivity contribution in [3.63, 3.8) is 0 Å². The van der Waals surface area contributed by atoms with Crippen molar-refractivity contribution in [2.24, 2.45) is 4.99 Å². The fourth-order valence-corrected chi connectivity index (χ4v) is 3.98. The van der Waals surface area contributed by atoms with E-state index < -0.39 is 0 Å². The van der Waals surface area contributed by atoms with Gasteiger partial charge in [-0.2, -0.15) is 0 Å². The van der Waals surface area contributed by atoms with Crippen LogP contribution in [0.4, 0.5) is 4.39 Å². The highest BCUT2D eigenvalue weighted by molar-refractivity contribution is 8.13. The van der Waals surface area contributed by atoms with E-state index in [1.807, 2.05) is 48.5 Å². The molecule has 1 amide bonds. The average molecular weight is 364 g/mol. The molecule has 0 N–H and O–H groups in total. The lowest BCUT2D eigenvalue weighted by molar-refractivity contribution is 0.0861. The Morgan fingerprint density at radius 2 is 1.88 bits per heavy atom. The van der Waals surface area contributed by atoms with Gasteiger partial charge in [0.1, 0.15) is 5.82 Å². The van der Waals surface area contributed by atoms with Gasteiger partial charge >= 0.3 is 0 Å². The molecule has 3 aromatic carbocycles. The van der Waals surface area contributed by atoms with Crippen LogP contribution in [-0.4, -0.2) is 29.1 Å². The van der Waals surface area contributed by atoms with E-state index in [4.69, 9.17) is 0 Å². The fourth-order valence-electron chi connectivity index (χ4n) is 2.99. The molecule has 0 aliphatic carbocycles. The maximum absolute atomic E-state index is 13.3. The zero-order valence-corrected chi connectivity index (χ0v) is 14.9. The van der Waals surface area contributed by atoms with E-state index in [1.165, 1.54) is 23.9 Å². The fraction of sp³-hybridized carbons (Fsp3) is 0.143. The van der Waals surface area contributed by atoms with Gasteiger partial charge in [0.2, 0.25) is 0 Å². The minimum Gasteiger partial charge on any atom is -0.286 e. The highest BCUT2D eigenvalue weighted by atomic mass is 32.2. The third-order valence-electron chi connectivity index (χ3n) is 4.30. The van der Waals surface area contributed by atoms with Gasteiger partial charge in [0.25, 0.3) is 5.91 Å². The molecule has 1 aliphatic heterocycles. The molecule has 26 heavy (non-hydrogen) atoms. The number of nitrogens with zero attached hydrogens (tertiary/aromatic N) is 2. The summed E-state index contributed by atoms with van der Waals surface area (Å²) in [7, 11) is 0. The number of fused-ring (bicyclic) bond motifs is 1. The molecule has 0 spiro atoms. The molecule has 0 aromatic heterocycles. The minimum absolute atomic E-state index is 0.0428. The number of rotatable bonds is 3. The smallest absolute Gasteiger partial charge is 0.259 e. The van der Waals surface area contributed by atoms with Crippen LogP contribution in [-0.2, 0) is 5.75 Å². The third-order valence-corrected chi connectivity index (χ3v) is 5.39.